The highest BCUT2D eigenvalue weighted by Crippen LogP contribution is 2.26. The average molecular weight is 563 g/mol. The molecule has 0 bridgehead atoms. The molecule has 214 valence electrons. The fourth-order valence-electron chi connectivity index (χ4n) is 4.62. The second kappa shape index (κ2) is 13.2. The molecule has 1 fully saturated rings. The van der Waals surface area contributed by atoms with Crippen LogP contribution in [-0.2, 0) is 4.79 Å². The monoisotopic (exact) mass is 562 g/mol. The lowest BCUT2D eigenvalue weighted by Gasteiger charge is -2.25. The van der Waals surface area contributed by atoms with Crippen LogP contribution in [0.1, 0.15) is 30.3 Å². The van der Waals surface area contributed by atoms with Gasteiger partial charge in [0.15, 0.2) is 5.76 Å². The summed E-state index contributed by atoms with van der Waals surface area (Å²) >= 11 is 0. The molecule has 1 aliphatic rings. The molecule has 1 aromatic carbocycles. The Morgan fingerprint density at radius 3 is 2.76 bits per heavy atom. The number of benzene rings is 1. The molecule has 1 saturated heterocycles. The zero-order valence-corrected chi connectivity index (χ0v) is 22.7. The third kappa shape index (κ3) is 7.14. The van der Waals surface area contributed by atoms with Crippen LogP contribution < -0.4 is 10.1 Å². The molecule has 0 aliphatic carbocycles. The number of pyridine rings is 1. The lowest BCUT2D eigenvalue weighted by molar-refractivity contribution is -0.132. The second-order valence-electron chi connectivity index (χ2n) is 9.70. The summed E-state index contributed by atoms with van der Waals surface area (Å²) in [5, 5.41) is 6.60. The fraction of sp³-hybridized carbons (Fsp3) is 0.345. The molecule has 12 heteroatoms. The number of nitrogens with one attached hydrogen (secondary N) is 1. The predicted molar refractivity (Wildman–Crippen MR) is 146 cm³/mol. The zero-order valence-electron chi connectivity index (χ0n) is 22.7. The SMILES string of the molecule is C[C@@H](NC(=O)c1ccco1)C(=O)N1CCCN(CCCOc2ccc(-c3noc(-c4ccncc4)n3)c(F)c2)CC1. The molecule has 41 heavy (non-hydrogen) atoms. The van der Waals surface area contributed by atoms with Gasteiger partial charge in [0.2, 0.25) is 11.7 Å². The molecule has 5 rings (SSSR count). The molecule has 0 saturated carbocycles. The molecule has 11 nitrogen and oxygen atoms in total. The van der Waals surface area contributed by atoms with Gasteiger partial charge in [-0.2, -0.15) is 4.98 Å². The molecule has 3 aromatic heterocycles. The number of furan rings is 1. The minimum Gasteiger partial charge on any atom is -0.493 e. The summed E-state index contributed by atoms with van der Waals surface area (Å²) in [5.41, 5.74) is 0.923. The van der Waals surface area contributed by atoms with Crippen molar-refractivity contribution in [3.8, 4) is 28.6 Å². The van der Waals surface area contributed by atoms with Crippen molar-refractivity contribution in [1.82, 2.24) is 30.2 Å². The summed E-state index contributed by atoms with van der Waals surface area (Å²) in [6.45, 7) is 5.67. The third-order valence-corrected chi connectivity index (χ3v) is 6.79. The van der Waals surface area contributed by atoms with Crippen LogP contribution in [0.15, 0.2) is 70.1 Å². The highest BCUT2D eigenvalue weighted by atomic mass is 19.1. The predicted octanol–water partition coefficient (Wildman–Crippen LogP) is 3.65. The van der Waals surface area contributed by atoms with Crippen molar-refractivity contribution in [3.63, 3.8) is 0 Å². The Morgan fingerprint density at radius 1 is 1.12 bits per heavy atom. The summed E-state index contributed by atoms with van der Waals surface area (Å²) in [6, 6.07) is 10.6. The number of amides is 2. The topological polar surface area (TPSA) is 127 Å². The fourth-order valence-corrected chi connectivity index (χ4v) is 4.62. The van der Waals surface area contributed by atoms with Gasteiger partial charge in [-0.1, -0.05) is 5.16 Å². The molecule has 4 heterocycles. The van der Waals surface area contributed by atoms with Gasteiger partial charge in [-0.25, -0.2) is 4.39 Å². The van der Waals surface area contributed by atoms with Crippen LogP contribution in [0.4, 0.5) is 4.39 Å². The summed E-state index contributed by atoms with van der Waals surface area (Å²) < 4.78 is 31.0. The van der Waals surface area contributed by atoms with Crippen LogP contribution in [0, 0.1) is 5.82 Å². The van der Waals surface area contributed by atoms with Crippen molar-refractivity contribution >= 4 is 11.8 Å². The van der Waals surface area contributed by atoms with Crippen molar-refractivity contribution in [2.75, 3.05) is 39.3 Å². The Hall–Kier alpha value is -4.58. The molecule has 0 radical (unpaired) electrons. The Balaban J connectivity index is 1.05. The van der Waals surface area contributed by atoms with E-state index < -0.39 is 17.8 Å². The van der Waals surface area contributed by atoms with E-state index in [2.05, 4.69) is 25.3 Å². The first-order chi connectivity index (χ1) is 20.0. The Kier molecular flexibility index (Phi) is 8.99. The molecule has 4 aromatic rings. The van der Waals surface area contributed by atoms with E-state index >= 15 is 0 Å². The van der Waals surface area contributed by atoms with Crippen LogP contribution in [0.2, 0.25) is 0 Å². The number of halogens is 1. The first-order valence-electron chi connectivity index (χ1n) is 13.5. The maximum Gasteiger partial charge on any atom is 0.287 e. The van der Waals surface area contributed by atoms with Gasteiger partial charge in [-0.15, -0.1) is 0 Å². The largest absolute Gasteiger partial charge is 0.493 e. The van der Waals surface area contributed by atoms with Gasteiger partial charge in [-0.05, 0) is 62.7 Å². The summed E-state index contributed by atoms with van der Waals surface area (Å²) in [5.74, 6) is 0.00829. The standard InChI is InChI=1S/C29H31FN6O5/c1-20(32-27(37)25-5-2-17-40-25)29(38)36-14-3-12-35(15-16-36)13-4-18-39-22-6-7-23(24(30)19-22)26-33-28(41-34-26)21-8-10-31-11-9-21/h2,5-11,17,19-20H,3-4,12-16,18H2,1H3,(H,32,37)/t20-/m1/s1. The van der Waals surface area contributed by atoms with E-state index in [0.717, 1.165) is 32.5 Å². The highest BCUT2D eigenvalue weighted by molar-refractivity contribution is 5.95. The smallest absolute Gasteiger partial charge is 0.287 e. The van der Waals surface area contributed by atoms with Gasteiger partial charge in [0.05, 0.1) is 18.4 Å². The third-order valence-electron chi connectivity index (χ3n) is 6.79. The molecule has 0 unspecified atom stereocenters. The zero-order chi connectivity index (χ0) is 28.6. The van der Waals surface area contributed by atoms with Crippen LogP contribution in [0.5, 0.6) is 5.75 Å². The van der Waals surface area contributed by atoms with E-state index in [1.807, 2.05) is 0 Å². The van der Waals surface area contributed by atoms with E-state index in [-0.39, 0.29) is 28.9 Å². The Labute approximate surface area is 236 Å². The van der Waals surface area contributed by atoms with Gasteiger partial charge in [0.25, 0.3) is 11.8 Å². The number of nitrogens with zero attached hydrogens (tertiary/aromatic N) is 5. The van der Waals surface area contributed by atoms with Crippen LogP contribution in [0.3, 0.4) is 0 Å². The van der Waals surface area contributed by atoms with Crippen molar-refractivity contribution < 1.29 is 27.7 Å². The van der Waals surface area contributed by atoms with Gasteiger partial charge >= 0.3 is 0 Å². The van der Waals surface area contributed by atoms with Crippen molar-refractivity contribution in [3.05, 3.63) is 72.7 Å². The number of carbonyl (C=O) groups is 2. The number of ether oxygens (including phenoxy) is 1. The van der Waals surface area contributed by atoms with E-state index in [1.54, 1.807) is 60.6 Å². The number of aromatic nitrogens is 3. The molecular weight excluding hydrogens is 531 g/mol. The molecule has 0 spiro atoms. The quantitative estimate of drug-likeness (QED) is 0.288. The summed E-state index contributed by atoms with van der Waals surface area (Å²) in [6.07, 6.45) is 6.22. The van der Waals surface area contributed by atoms with Gasteiger partial charge < -0.3 is 28.8 Å². The molecular formula is C29H31FN6O5. The number of hydrogen-bond donors (Lipinski definition) is 1. The summed E-state index contributed by atoms with van der Waals surface area (Å²) in [4.78, 5) is 37.4. The minimum atomic E-state index is -0.650. The molecule has 1 atom stereocenters. The van der Waals surface area contributed by atoms with Gasteiger partial charge in [0, 0.05) is 50.2 Å². The maximum atomic E-state index is 14.8. The number of hydrogen-bond acceptors (Lipinski definition) is 9. The Morgan fingerprint density at radius 2 is 1.98 bits per heavy atom. The molecule has 2 amide bonds. The maximum absolute atomic E-state index is 14.8. The number of carbonyl (C=O) groups excluding carboxylic acids is 2. The summed E-state index contributed by atoms with van der Waals surface area (Å²) in [7, 11) is 0. The van der Waals surface area contributed by atoms with Crippen molar-refractivity contribution in [1.29, 1.82) is 0 Å². The van der Waals surface area contributed by atoms with Gasteiger partial charge in [0.1, 0.15) is 17.6 Å². The van der Waals surface area contributed by atoms with Crippen molar-refractivity contribution in [2.45, 2.75) is 25.8 Å². The van der Waals surface area contributed by atoms with E-state index in [1.165, 1.54) is 12.3 Å². The van der Waals surface area contributed by atoms with E-state index in [0.29, 0.717) is 31.0 Å². The van der Waals surface area contributed by atoms with Crippen LogP contribution >= 0.6 is 0 Å². The first-order valence-corrected chi connectivity index (χ1v) is 13.5. The van der Waals surface area contributed by atoms with E-state index in [4.69, 9.17) is 13.7 Å². The van der Waals surface area contributed by atoms with Crippen LogP contribution in [0.25, 0.3) is 22.8 Å². The van der Waals surface area contributed by atoms with Crippen molar-refractivity contribution in [2.24, 2.45) is 0 Å². The highest BCUT2D eigenvalue weighted by Gasteiger charge is 2.25. The normalized spacial score (nSPS) is 14.8. The van der Waals surface area contributed by atoms with Crippen LogP contribution in [-0.4, -0.2) is 82.1 Å². The second-order valence-corrected chi connectivity index (χ2v) is 9.70. The molecule has 1 aliphatic heterocycles. The van der Waals surface area contributed by atoms with E-state index in [9.17, 15) is 14.0 Å². The lowest BCUT2D eigenvalue weighted by atomic mass is 10.2. The Bertz CT molecular complexity index is 1450. The average Bonchev–Trinajstić information content (AvgIpc) is 3.65. The minimum absolute atomic E-state index is 0.116. The number of rotatable bonds is 10. The first kappa shape index (κ1) is 28.0. The molecule has 1 N–H and O–H groups in total. The lowest BCUT2D eigenvalue weighted by Crippen LogP contribution is -2.48. The van der Waals surface area contributed by atoms with Gasteiger partial charge in [-0.3, -0.25) is 14.6 Å².